The van der Waals surface area contributed by atoms with Crippen molar-refractivity contribution in [2.24, 2.45) is 0 Å². The summed E-state index contributed by atoms with van der Waals surface area (Å²) in [6.45, 7) is 4.19. The molecule has 2 aromatic carbocycles. The minimum Gasteiger partial charge on any atom is -0.497 e. The van der Waals surface area contributed by atoms with Crippen LogP contribution >= 0.6 is 24.0 Å². The van der Waals surface area contributed by atoms with Crippen LogP contribution in [0.3, 0.4) is 0 Å². The van der Waals surface area contributed by atoms with E-state index in [0.717, 1.165) is 42.4 Å². The van der Waals surface area contributed by atoms with Crippen molar-refractivity contribution >= 4 is 29.7 Å². The molecule has 130 valence electrons. The summed E-state index contributed by atoms with van der Waals surface area (Å²) in [6.07, 6.45) is 2.06. The number of hydrogen-bond acceptors (Lipinski definition) is 3. The first-order valence-corrected chi connectivity index (χ1v) is 8.48. The molecule has 0 saturated carbocycles. The minimum absolute atomic E-state index is 0. The molecule has 0 spiro atoms. The quantitative estimate of drug-likeness (QED) is 0.827. The zero-order chi connectivity index (χ0) is 16.2. The predicted octanol–water partition coefficient (Wildman–Crippen LogP) is 4.63. The molecule has 0 saturated heterocycles. The monoisotopic (exact) mass is 366 g/mol. The lowest BCUT2D eigenvalue weighted by molar-refractivity contribution is 0.414. The van der Waals surface area contributed by atoms with E-state index in [1.54, 1.807) is 7.11 Å². The van der Waals surface area contributed by atoms with E-state index < -0.39 is 0 Å². The van der Waals surface area contributed by atoms with E-state index in [-0.39, 0.29) is 18.4 Å². The fourth-order valence-corrected chi connectivity index (χ4v) is 3.32. The van der Waals surface area contributed by atoms with E-state index >= 15 is 0 Å². The normalized spacial score (nSPS) is 14.8. The van der Waals surface area contributed by atoms with Crippen molar-refractivity contribution in [2.75, 3.05) is 25.5 Å². The summed E-state index contributed by atoms with van der Waals surface area (Å²) in [6, 6.07) is 12.5. The summed E-state index contributed by atoms with van der Waals surface area (Å²) < 4.78 is 5.23. The highest BCUT2D eigenvalue weighted by Gasteiger charge is 2.16. The molecular weight excluding hydrogens is 343 g/mol. The molecule has 0 bridgehead atoms. The number of halogens is 2. The Bertz CT molecular complexity index is 674. The highest BCUT2D eigenvalue weighted by molar-refractivity contribution is 6.33. The van der Waals surface area contributed by atoms with Gasteiger partial charge in [-0.2, -0.15) is 0 Å². The molecule has 1 atom stereocenters. The Morgan fingerprint density at radius 3 is 2.50 bits per heavy atom. The Kier molecular flexibility index (Phi) is 6.79. The lowest BCUT2D eigenvalue weighted by atomic mass is 9.99. The third-order valence-corrected chi connectivity index (χ3v) is 4.77. The second-order valence-electron chi connectivity index (χ2n) is 5.95. The molecule has 24 heavy (non-hydrogen) atoms. The molecule has 5 heteroatoms. The molecule has 3 nitrogen and oxygen atoms in total. The van der Waals surface area contributed by atoms with E-state index in [9.17, 15) is 0 Å². The van der Waals surface area contributed by atoms with Crippen molar-refractivity contribution in [1.29, 1.82) is 0 Å². The molecule has 2 N–H and O–H groups in total. The van der Waals surface area contributed by atoms with Gasteiger partial charge in [0.2, 0.25) is 0 Å². The van der Waals surface area contributed by atoms with Crippen molar-refractivity contribution in [3.63, 3.8) is 0 Å². The van der Waals surface area contributed by atoms with Gasteiger partial charge in [0.05, 0.1) is 17.8 Å². The number of benzene rings is 2. The molecule has 1 heterocycles. The topological polar surface area (TPSA) is 33.3 Å². The highest BCUT2D eigenvalue weighted by atomic mass is 35.5. The van der Waals surface area contributed by atoms with Gasteiger partial charge in [0.25, 0.3) is 0 Å². The fraction of sp³-hybridized carbons (Fsp3) is 0.368. The van der Waals surface area contributed by atoms with Gasteiger partial charge in [0.15, 0.2) is 0 Å². The standard InChI is InChI=1S/C19H23ClN2O.ClH/c1-13(14-3-6-16(23-2)7-4-14)22-19-17-10-12-21-11-9-15(17)5-8-18(19)20;/h3-8,13,21-22H,9-12H2,1-2H3;1H. The zero-order valence-corrected chi connectivity index (χ0v) is 15.6. The second-order valence-corrected chi connectivity index (χ2v) is 6.36. The van der Waals surface area contributed by atoms with Gasteiger partial charge in [-0.1, -0.05) is 29.8 Å². The van der Waals surface area contributed by atoms with E-state index in [1.807, 2.05) is 18.2 Å². The largest absolute Gasteiger partial charge is 0.497 e. The number of nitrogens with one attached hydrogen (secondary N) is 2. The van der Waals surface area contributed by atoms with Crippen LogP contribution in [-0.4, -0.2) is 20.2 Å². The van der Waals surface area contributed by atoms with Crippen LogP contribution < -0.4 is 15.4 Å². The lowest BCUT2D eigenvalue weighted by Crippen LogP contribution is -2.16. The highest BCUT2D eigenvalue weighted by Crippen LogP contribution is 2.33. The van der Waals surface area contributed by atoms with Gasteiger partial charge in [0, 0.05) is 6.04 Å². The fourth-order valence-electron chi connectivity index (χ4n) is 3.09. The Hall–Kier alpha value is -1.42. The smallest absolute Gasteiger partial charge is 0.118 e. The van der Waals surface area contributed by atoms with Gasteiger partial charge in [-0.05, 0) is 67.7 Å². The summed E-state index contributed by atoms with van der Waals surface area (Å²) in [5.74, 6) is 0.874. The molecule has 3 rings (SSSR count). The van der Waals surface area contributed by atoms with E-state index in [2.05, 4.69) is 35.8 Å². The maximum Gasteiger partial charge on any atom is 0.118 e. The number of anilines is 1. The molecule has 0 aliphatic carbocycles. The van der Waals surface area contributed by atoms with Crippen LogP contribution in [0.1, 0.15) is 29.7 Å². The zero-order valence-electron chi connectivity index (χ0n) is 14.1. The predicted molar refractivity (Wildman–Crippen MR) is 104 cm³/mol. The summed E-state index contributed by atoms with van der Waals surface area (Å²) in [5, 5.41) is 7.87. The summed E-state index contributed by atoms with van der Waals surface area (Å²) in [5.41, 5.74) is 5.04. The minimum atomic E-state index is 0. The van der Waals surface area contributed by atoms with Crippen molar-refractivity contribution in [3.05, 3.63) is 58.1 Å². The molecule has 0 aromatic heterocycles. The summed E-state index contributed by atoms with van der Waals surface area (Å²) in [7, 11) is 1.68. The first kappa shape index (κ1) is 18.9. The third kappa shape index (κ3) is 4.15. The Morgan fingerprint density at radius 1 is 1.08 bits per heavy atom. The van der Waals surface area contributed by atoms with Crippen LogP contribution in [0.5, 0.6) is 5.75 Å². The van der Waals surface area contributed by atoms with Crippen LogP contribution in [0.15, 0.2) is 36.4 Å². The van der Waals surface area contributed by atoms with Crippen molar-refractivity contribution in [3.8, 4) is 5.75 Å². The van der Waals surface area contributed by atoms with E-state index in [1.165, 1.54) is 16.7 Å². The van der Waals surface area contributed by atoms with Gasteiger partial charge < -0.3 is 15.4 Å². The molecule has 0 radical (unpaired) electrons. The molecule has 0 fully saturated rings. The van der Waals surface area contributed by atoms with Crippen LogP contribution in [-0.2, 0) is 12.8 Å². The average Bonchev–Trinajstić information content (AvgIpc) is 2.83. The van der Waals surface area contributed by atoms with Crippen LogP contribution in [0, 0.1) is 0 Å². The maximum atomic E-state index is 6.49. The van der Waals surface area contributed by atoms with Gasteiger partial charge >= 0.3 is 0 Å². The number of ether oxygens (including phenoxy) is 1. The van der Waals surface area contributed by atoms with Gasteiger partial charge in [0.1, 0.15) is 5.75 Å². The summed E-state index contributed by atoms with van der Waals surface area (Å²) in [4.78, 5) is 0. The molecule has 1 aliphatic rings. The van der Waals surface area contributed by atoms with Gasteiger partial charge in [-0.3, -0.25) is 0 Å². The van der Waals surface area contributed by atoms with Gasteiger partial charge in [-0.15, -0.1) is 12.4 Å². The number of methoxy groups -OCH3 is 1. The van der Waals surface area contributed by atoms with E-state index in [0.29, 0.717) is 0 Å². The second kappa shape index (κ2) is 8.61. The molecule has 0 amide bonds. The maximum absolute atomic E-state index is 6.49. The Labute approximate surface area is 155 Å². The molecule has 1 unspecified atom stereocenters. The van der Waals surface area contributed by atoms with Crippen LogP contribution in [0.25, 0.3) is 0 Å². The summed E-state index contributed by atoms with van der Waals surface area (Å²) >= 11 is 6.49. The van der Waals surface area contributed by atoms with Crippen molar-refractivity contribution in [2.45, 2.75) is 25.8 Å². The van der Waals surface area contributed by atoms with E-state index in [4.69, 9.17) is 16.3 Å². The van der Waals surface area contributed by atoms with Crippen LogP contribution in [0.2, 0.25) is 5.02 Å². The average molecular weight is 367 g/mol. The Balaban J connectivity index is 0.00000208. The number of rotatable bonds is 4. The first-order valence-electron chi connectivity index (χ1n) is 8.10. The van der Waals surface area contributed by atoms with Crippen molar-refractivity contribution < 1.29 is 4.74 Å². The number of fused-ring (bicyclic) bond motifs is 1. The van der Waals surface area contributed by atoms with Gasteiger partial charge in [-0.25, -0.2) is 0 Å². The number of hydrogen-bond donors (Lipinski definition) is 2. The van der Waals surface area contributed by atoms with Crippen molar-refractivity contribution in [1.82, 2.24) is 5.32 Å². The Morgan fingerprint density at radius 2 is 1.79 bits per heavy atom. The third-order valence-electron chi connectivity index (χ3n) is 4.46. The van der Waals surface area contributed by atoms with Crippen LogP contribution in [0.4, 0.5) is 5.69 Å². The molecule has 1 aliphatic heterocycles. The SMILES string of the molecule is COc1ccc(C(C)Nc2c(Cl)ccc3c2CCNCC3)cc1.Cl. The molecule has 2 aromatic rings. The first-order chi connectivity index (χ1) is 11.2. The lowest BCUT2D eigenvalue weighted by Gasteiger charge is -2.21. The molecular formula is C19H24Cl2N2O.